The first-order valence-electron chi connectivity index (χ1n) is 6.75. The zero-order valence-corrected chi connectivity index (χ0v) is 12.0. The number of nitrogens with zero attached hydrogens (tertiary/aromatic N) is 1. The minimum atomic E-state index is -0.698. The number of rotatable bonds is 4. The topological polar surface area (TPSA) is 56.3 Å². The summed E-state index contributed by atoms with van der Waals surface area (Å²) in [6.07, 6.45) is 2.01. The van der Waals surface area contributed by atoms with Gasteiger partial charge in [-0.05, 0) is 23.6 Å². The van der Waals surface area contributed by atoms with Crippen LogP contribution in [0.5, 0.6) is 0 Å². The molecular weight excluding hydrogens is 276 g/mol. The van der Waals surface area contributed by atoms with Crippen molar-refractivity contribution in [3.8, 4) is 0 Å². The van der Waals surface area contributed by atoms with Gasteiger partial charge in [0.25, 0.3) is 0 Å². The number of carboxylic acids is 1. The predicted molar refractivity (Wildman–Crippen MR) is 78.9 cm³/mol. The predicted octanol–water partition coefficient (Wildman–Crippen LogP) is 2.97. The lowest BCUT2D eigenvalue weighted by molar-refractivity contribution is -0.145. The molecule has 106 valence electrons. The van der Waals surface area contributed by atoms with Gasteiger partial charge in [-0.25, -0.2) is 0 Å². The molecule has 20 heavy (non-hydrogen) atoms. The summed E-state index contributed by atoms with van der Waals surface area (Å²) >= 11 is 5.97. The second-order valence-electron chi connectivity index (χ2n) is 5.58. The molecule has 0 aliphatic carbocycles. The van der Waals surface area contributed by atoms with Crippen LogP contribution in [0.2, 0.25) is 5.02 Å². The fraction of sp³-hybridized carbons (Fsp3) is 0.400. The highest BCUT2D eigenvalue weighted by Gasteiger charge is 2.34. The summed E-state index contributed by atoms with van der Waals surface area (Å²) in [7, 11) is 0. The van der Waals surface area contributed by atoms with E-state index in [0.717, 1.165) is 30.2 Å². The van der Waals surface area contributed by atoms with E-state index in [1.807, 2.05) is 24.4 Å². The van der Waals surface area contributed by atoms with Crippen molar-refractivity contribution < 1.29 is 9.90 Å². The molecule has 2 aromatic rings. The maximum absolute atomic E-state index is 10.9. The summed E-state index contributed by atoms with van der Waals surface area (Å²) in [6, 6.07) is 5.85. The van der Waals surface area contributed by atoms with E-state index in [2.05, 4.69) is 9.88 Å². The molecule has 0 spiro atoms. The number of hydrogen-bond donors (Lipinski definition) is 2. The van der Waals surface area contributed by atoms with Crippen LogP contribution in [-0.4, -0.2) is 34.0 Å². The molecule has 4 nitrogen and oxygen atoms in total. The third kappa shape index (κ3) is 2.41. The molecule has 1 saturated heterocycles. The smallest absolute Gasteiger partial charge is 0.306 e. The van der Waals surface area contributed by atoms with Crippen LogP contribution in [-0.2, 0) is 11.3 Å². The number of hydrogen-bond acceptors (Lipinski definition) is 2. The number of benzene rings is 1. The van der Waals surface area contributed by atoms with Gasteiger partial charge in [0.1, 0.15) is 0 Å². The van der Waals surface area contributed by atoms with Gasteiger partial charge in [0, 0.05) is 41.8 Å². The van der Waals surface area contributed by atoms with E-state index in [4.69, 9.17) is 16.7 Å². The van der Waals surface area contributed by atoms with E-state index >= 15 is 0 Å². The minimum absolute atomic E-state index is 0.256. The van der Waals surface area contributed by atoms with Crippen LogP contribution in [0.1, 0.15) is 12.5 Å². The number of H-pyrrole nitrogens is 1. The molecule has 1 unspecified atom stereocenters. The van der Waals surface area contributed by atoms with Gasteiger partial charge in [0.2, 0.25) is 0 Å². The minimum Gasteiger partial charge on any atom is -0.481 e. The summed E-state index contributed by atoms with van der Waals surface area (Å²) in [6.45, 7) is 4.35. The first kappa shape index (κ1) is 13.5. The van der Waals surface area contributed by atoms with Gasteiger partial charge < -0.3 is 10.1 Å². The monoisotopic (exact) mass is 292 g/mol. The van der Waals surface area contributed by atoms with Crippen LogP contribution in [0, 0.1) is 11.8 Å². The Labute approximate surface area is 122 Å². The van der Waals surface area contributed by atoms with Crippen molar-refractivity contribution in [2.45, 2.75) is 13.5 Å². The SMILES string of the molecule is CC(C(=O)O)C1CN(Cc2c[nH]c3cc(Cl)ccc23)C1. The van der Waals surface area contributed by atoms with Gasteiger partial charge in [0.05, 0.1) is 5.92 Å². The summed E-state index contributed by atoms with van der Waals surface area (Å²) in [5, 5.41) is 10.9. The molecule has 3 rings (SSSR count). The van der Waals surface area contributed by atoms with Crippen LogP contribution in [0.4, 0.5) is 0 Å². The molecule has 2 N–H and O–H groups in total. The first-order valence-corrected chi connectivity index (χ1v) is 7.13. The molecule has 5 heteroatoms. The highest BCUT2D eigenvalue weighted by atomic mass is 35.5. The third-order valence-electron chi connectivity index (χ3n) is 4.21. The molecule has 1 aliphatic heterocycles. The number of aromatic nitrogens is 1. The Morgan fingerprint density at radius 3 is 3.00 bits per heavy atom. The standard InChI is InChI=1S/C15H17ClN2O2/c1-9(15(19)20)11-7-18(8-11)6-10-5-17-14-4-12(16)2-3-13(10)14/h2-5,9,11,17H,6-8H2,1H3,(H,19,20). The van der Waals surface area contributed by atoms with E-state index in [1.165, 1.54) is 10.9 Å². The molecule has 2 heterocycles. The molecule has 0 bridgehead atoms. The Morgan fingerprint density at radius 2 is 2.30 bits per heavy atom. The third-order valence-corrected chi connectivity index (χ3v) is 4.44. The molecule has 1 fully saturated rings. The van der Waals surface area contributed by atoms with Gasteiger partial charge in [-0.2, -0.15) is 0 Å². The number of nitrogens with one attached hydrogen (secondary N) is 1. The molecule has 1 aromatic heterocycles. The molecule has 0 radical (unpaired) electrons. The number of fused-ring (bicyclic) bond motifs is 1. The van der Waals surface area contributed by atoms with Gasteiger partial charge in [0.15, 0.2) is 0 Å². The lowest BCUT2D eigenvalue weighted by atomic mass is 9.87. The van der Waals surface area contributed by atoms with Crippen LogP contribution >= 0.6 is 11.6 Å². The van der Waals surface area contributed by atoms with Crippen LogP contribution in [0.25, 0.3) is 10.9 Å². The number of aromatic amines is 1. The Bertz CT molecular complexity index is 646. The number of aliphatic carboxylic acids is 1. The van der Waals surface area contributed by atoms with Crippen molar-refractivity contribution in [1.82, 2.24) is 9.88 Å². The number of likely N-dealkylation sites (tertiary alicyclic amines) is 1. The number of halogens is 1. The largest absolute Gasteiger partial charge is 0.481 e. The fourth-order valence-corrected chi connectivity index (χ4v) is 2.96. The quantitative estimate of drug-likeness (QED) is 0.911. The van der Waals surface area contributed by atoms with Crippen molar-refractivity contribution in [1.29, 1.82) is 0 Å². The normalized spacial score (nSPS) is 18.1. The summed E-state index contributed by atoms with van der Waals surface area (Å²) in [5.41, 5.74) is 2.28. The summed E-state index contributed by atoms with van der Waals surface area (Å²) < 4.78 is 0. The van der Waals surface area contributed by atoms with Crippen molar-refractivity contribution >= 4 is 28.5 Å². The van der Waals surface area contributed by atoms with Gasteiger partial charge in [-0.3, -0.25) is 9.69 Å². The van der Waals surface area contributed by atoms with E-state index in [-0.39, 0.29) is 11.8 Å². The van der Waals surface area contributed by atoms with Crippen LogP contribution in [0.3, 0.4) is 0 Å². The highest BCUT2D eigenvalue weighted by Crippen LogP contribution is 2.28. The van der Waals surface area contributed by atoms with Gasteiger partial charge in [-0.15, -0.1) is 0 Å². The fourth-order valence-electron chi connectivity index (χ4n) is 2.79. The van der Waals surface area contributed by atoms with Crippen molar-refractivity contribution in [3.05, 3.63) is 35.0 Å². The lowest BCUT2D eigenvalue weighted by Gasteiger charge is -2.41. The molecule has 1 aliphatic rings. The van der Waals surface area contributed by atoms with Gasteiger partial charge >= 0.3 is 5.97 Å². The van der Waals surface area contributed by atoms with Gasteiger partial charge in [-0.1, -0.05) is 24.6 Å². The molecule has 0 saturated carbocycles. The van der Waals surface area contributed by atoms with E-state index < -0.39 is 5.97 Å². The zero-order chi connectivity index (χ0) is 14.3. The van der Waals surface area contributed by atoms with E-state index in [0.29, 0.717) is 0 Å². The average Bonchev–Trinajstić information content (AvgIpc) is 2.74. The van der Waals surface area contributed by atoms with E-state index in [9.17, 15) is 4.79 Å². The Morgan fingerprint density at radius 1 is 1.55 bits per heavy atom. The molecular formula is C15H17ClN2O2. The lowest BCUT2D eigenvalue weighted by Crippen LogP contribution is -2.50. The maximum atomic E-state index is 10.9. The van der Waals surface area contributed by atoms with E-state index in [1.54, 1.807) is 6.92 Å². The number of carbonyl (C=O) groups is 1. The first-order chi connectivity index (χ1) is 9.54. The second kappa shape index (κ2) is 5.11. The molecule has 1 atom stereocenters. The van der Waals surface area contributed by atoms with Crippen LogP contribution in [0.15, 0.2) is 24.4 Å². The average molecular weight is 293 g/mol. The van der Waals surface area contributed by atoms with Crippen molar-refractivity contribution in [2.75, 3.05) is 13.1 Å². The van der Waals surface area contributed by atoms with Crippen molar-refractivity contribution in [2.24, 2.45) is 11.8 Å². The summed E-state index contributed by atoms with van der Waals surface area (Å²) in [5.74, 6) is -0.684. The summed E-state index contributed by atoms with van der Waals surface area (Å²) in [4.78, 5) is 16.4. The second-order valence-corrected chi connectivity index (χ2v) is 6.02. The Kier molecular flexibility index (Phi) is 3.44. The number of carboxylic acid groups (broad SMARTS) is 1. The molecule has 1 aromatic carbocycles. The highest BCUT2D eigenvalue weighted by molar-refractivity contribution is 6.31. The molecule has 0 amide bonds. The maximum Gasteiger partial charge on any atom is 0.306 e. The Hall–Kier alpha value is -1.52. The zero-order valence-electron chi connectivity index (χ0n) is 11.3. The Balaban J connectivity index is 1.66. The van der Waals surface area contributed by atoms with Crippen molar-refractivity contribution in [3.63, 3.8) is 0 Å². The van der Waals surface area contributed by atoms with Crippen LogP contribution < -0.4 is 0 Å².